The number of aliphatic hydroxyl groups excluding tert-OH is 1. The van der Waals surface area contributed by atoms with E-state index in [1.165, 1.54) is 20.3 Å². The summed E-state index contributed by atoms with van der Waals surface area (Å²) in [5, 5.41) is 15.0. The Morgan fingerprint density at radius 2 is 1.88 bits per heavy atom. The third-order valence-corrected chi connectivity index (χ3v) is 3.44. The minimum atomic E-state index is -1.19. The van der Waals surface area contributed by atoms with Crippen LogP contribution < -0.4 is 20.1 Å². The molecule has 8 heteroatoms. The Balaban J connectivity index is 1.97. The zero-order valence-corrected chi connectivity index (χ0v) is 13.7. The number of halogens is 2. The van der Waals surface area contributed by atoms with Crippen molar-refractivity contribution in [2.75, 3.05) is 26.1 Å². The van der Waals surface area contributed by atoms with Gasteiger partial charge in [0.15, 0.2) is 11.6 Å². The number of benzene rings is 2. The summed E-state index contributed by atoms with van der Waals surface area (Å²) >= 11 is 0. The third-order valence-electron chi connectivity index (χ3n) is 3.44. The SMILES string of the molecule is COc1ccc(OC)c(NC(=O)NC[C@H](O)c2ccc(F)c(F)c2)c1. The molecular formula is C17H18F2N2O4. The van der Waals surface area contributed by atoms with Crippen LogP contribution in [0.25, 0.3) is 0 Å². The van der Waals surface area contributed by atoms with Crippen molar-refractivity contribution in [2.45, 2.75) is 6.10 Å². The van der Waals surface area contributed by atoms with Crippen LogP contribution >= 0.6 is 0 Å². The van der Waals surface area contributed by atoms with Crippen molar-refractivity contribution in [3.05, 3.63) is 53.6 Å². The second-order valence-electron chi connectivity index (χ2n) is 5.09. The normalized spacial score (nSPS) is 11.6. The molecule has 0 spiro atoms. The van der Waals surface area contributed by atoms with Gasteiger partial charge in [-0.15, -0.1) is 0 Å². The van der Waals surface area contributed by atoms with Crippen molar-refractivity contribution >= 4 is 11.7 Å². The summed E-state index contributed by atoms with van der Waals surface area (Å²) in [6, 6.07) is 7.31. The van der Waals surface area contributed by atoms with Crippen molar-refractivity contribution in [1.82, 2.24) is 5.32 Å². The Morgan fingerprint density at radius 1 is 1.12 bits per heavy atom. The van der Waals surface area contributed by atoms with Crippen LogP contribution in [-0.4, -0.2) is 31.9 Å². The molecule has 3 N–H and O–H groups in total. The summed E-state index contributed by atoms with van der Waals surface area (Å²) < 4.78 is 36.3. The summed E-state index contributed by atoms with van der Waals surface area (Å²) in [6.07, 6.45) is -1.19. The Morgan fingerprint density at radius 3 is 2.52 bits per heavy atom. The Labute approximate surface area is 143 Å². The molecule has 2 aromatic carbocycles. The molecule has 0 radical (unpaired) electrons. The molecule has 2 amide bonds. The molecule has 0 aromatic heterocycles. The van der Waals surface area contributed by atoms with E-state index in [1.807, 2.05) is 0 Å². The first-order valence-corrected chi connectivity index (χ1v) is 7.34. The molecule has 0 fully saturated rings. The molecule has 0 heterocycles. The fraction of sp³-hybridized carbons (Fsp3) is 0.235. The molecule has 2 rings (SSSR count). The van der Waals surface area contributed by atoms with E-state index in [9.17, 15) is 18.7 Å². The average Bonchev–Trinajstić information content (AvgIpc) is 2.61. The molecule has 25 heavy (non-hydrogen) atoms. The van der Waals surface area contributed by atoms with Crippen LogP contribution in [0.5, 0.6) is 11.5 Å². The molecule has 0 aliphatic carbocycles. The van der Waals surface area contributed by atoms with Gasteiger partial charge in [0.1, 0.15) is 11.5 Å². The summed E-state index contributed by atoms with van der Waals surface area (Å²) in [7, 11) is 2.95. The van der Waals surface area contributed by atoms with Gasteiger partial charge in [-0.25, -0.2) is 13.6 Å². The topological polar surface area (TPSA) is 79.8 Å². The fourth-order valence-corrected chi connectivity index (χ4v) is 2.11. The first kappa shape index (κ1) is 18.5. The van der Waals surface area contributed by atoms with Crippen molar-refractivity contribution in [2.24, 2.45) is 0 Å². The number of aliphatic hydroxyl groups is 1. The van der Waals surface area contributed by atoms with Crippen LogP contribution in [-0.2, 0) is 0 Å². The zero-order valence-electron chi connectivity index (χ0n) is 13.7. The largest absolute Gasteiger partial charge is 0.497 e. The molecule has 0 saturated carbocycles. The maximum Gasteiger partial charge on any atom is 0.319 e. The number of hydrogen-bond donors (Lipinski definition) is 3. The maximum absolute atomic E-state index is 13.2. The molecular weight excluding hydrogens is 334 g/mol. The highest BCUT2D eigenvalue weighted by atomic mass is 19.2. The van der Waals surface area contributed by atoms with E-state index in [0.29, 0.717) is 17.2 Å². The van der Waals surface area contributed by atoms with E-state index < -0.39 is 23.8 Å². The van der Waals surface area contributed by atoms with Crippen molar-refractivity contribution in [1.29, 1.82) is 0 Å². The number of amides is 2. The van der Waals surface area contributed by atoms with E-state index in [4.69, 9.17) is 9.47 Å². The van der Waals surface area contributed by atoms with Crippen LogP contribution in [0.3, 0.4) is 0 Å². The van der Waals surface area contributed by atoms with Gasteiger partial charge >= 0.3 is 6.03 Å². The molecule has 134 valence electrons. The molecule has 6 nitrogen and oxygen atoms in total. The van der Waals surface area contributed by atoms with Gasteiger partial charge in [-0.3, -0.25) is 0 Å². The van der Waals surface area contributed by atoms with Crippen LogP contribution in [0, 0.1) is 11.6 Å². The minimum Gasteiger partial charge on any atom is -0.497 e. The first-order chi connectivity index (χ1) is 11.9. The number of rotatable bonds is 6. The van der Waals surface area contributed by atoms with Gasteiger partial charge in [0.25, 0.3) is 0 Å². The zero-order chi connectivity index (χ0) is 18.4. The second-order valence-corrected chi connectivity index (χ2v) is 5.09. The first-order valence-electron chi connectivity index (χ1n) is 7.34. The number of carbonyl (C=O) groups is 1. The Hall–Kier alpha value is -2.87. The molecule has 0 saturated heterocycles. The minimum absolute atomic E-state index is 0.151. The highest BCUT2D eigenvalue weighted by molar-refractivity contribution is 5.91. The lowest BCUT2D eigenvalue weighted by Crippen LogP contribution is -2.32. The van der Waals surface area contributed by atoms with E-state index in [1.54, 1.807) is 18.2 Å². The summed E-state index contributed by atoms with van der Waals surface area (Å²) in [5.41, 5.74) is 0.528. The van der Waals surface area contributed by atoms with Crippen molar-refractivity contribution < 1.29 is 28.2 Å². The number of anilines is 1. The molecule has 1 atom stereocenters. The van der Waals surface area contributed by atoms with Crippen molar-refractivity contribution in [3.63, 3.8) is 0 Å². The molecule has 0 aliphatic heterocycles. The predicted octanol–water partition coefficient (Wildman–Crippen LogP) is 2.84. The Kier molecular flexibility index (Phi) is 6.13. The van der Waals surface area contributed by atoms with Gasteiger partial charge < -0.3 is 25.2 Å². The smallest absolute Gasteiger partial charge is 0.319 e. The number of urea groups is 1. The van der Waals surface area contributed by atoms with Gasteiger partial charge in [0.2, 0.25) is 0 Å². The van der Waals surface area contributed by atoms with Crippen LogP contribution in [0.2, 0.25) is 0 Å². The van der Waals surface area contributed by atoms with Gasteiger partial charge in [-0.1, -0.05) is 6.07 Å². The maximum atomic E-state index is 13.2. The van der Waals surface area contributed by atoms with Gasteiger partial charge in [0.05, 0.1) is 26.0 Å². The lowest BCUT2D eigenvalue weighted by molar-refractivity contribution is 0.174. The van der Waals surface area contributed by atoms with Crippen LogP contribution in [0.15, 0.2) is 36.4 Å². The van der Waals surface area contributed by atoms with Gasteiger partial charge in [-0.2, -0.15) is 0 Å². The lowest BCUT2D eigenvalue weighted by Gasteiger charge is -2.15. The number of ether oxygens (including phenoxy) is 2. The highest BCUT2D eigenvalue weighted by Gasteiger charge is 2.13. The number of nitrogens with one attached hydrogen (secondary N) is 2. The van der Waals surface area contributed by atoms with Crippen LogP contribution in [0.1, 0.15) is 11.7 Å². The quantitative estimate of drug-likeness (QED) is 0.747. The third kappa shape index (κ3) is 4.80. The Bertz CT molecular complexity index is 755. The van der Waals surface area contributed by atoms with Gasteiger partial charge in [-0.05, 0) is 29.8 Å². The highest BCUT2D eigenvalue weighted by Crippen LogP contribution is 2.28. The molecule has 2 aromatic rings. The van der Waals surface area contributed by atoms with E-state index in [-0.39, 0.29) is 12.1 Å². The average molecular weight is 352 g/mol. The number of carbonyl (C=O) groups excluding carboxylic acids is 1. The lowest BCUT2D eigenvalue weighted by atomic mass is 10.1. The fourth-order valence-electron chi connectivity index (χ4n) is 2.11. The predicted molar refractivity (Wildman–Crippen MR) is 87.9 cm³/mol. The van der Waals surface area contributed by atoms with Crippen molar-refractivity contribution in [3.8, 4) is 11.5 Å². The van der Waals surface area contributed by atoms with E-state index in [2.05, 4.69) is 10.6 Å². The summed E-state index contributed by atoms with van der Waals surface area (Å²) in [6.45, 7) is -0.191. The summed E-state index contributed by atoms with van der Waals surface area (Å²) in [4.78, 5) is 12.0. The monoisotopic (exact) mass is 352 g/mol. The standard InChI is InChI=1S/C17H18F2N2O4/c1-24-11-4-6-16(25-2)14(8-11)21-17(23)20-9-15(22)10-3-5-12(18)13(19)7-10/h3-8,15,22H,9H2,1-2H3,(H2,20,21,23)/t15-/m0/s1. The molecule has 0 bridgehead atoms. The summed E-state index contributed by atoms with van der Waals surface area (Å²) in [5.74, 6) is -1.12. The van der Waals surface area contributed by atoms with Crippen LogP contribution in [0.4, 0.5) is 19.3 Å². The van der Waals surface area contributed by atoms with E-state index >= 15 is 0 Å². The number of hydrogen-bond acceptors (Lipinski definition) is 4. The number of methoxy groups -OCH3 is 2. The van der Waals surface area contributed by atoms with Gasteiger partial charge in [0, 0.05) is 12.6 Å². The second kappa shape index (κ2) is 8.29. The molecule has 0 aliphatic rings. The molecule has 0 unspecified atom stereocenters. The van der Waals surface area contributed by atoms with E-state index in [0.717, 1.165) is 12.1 Å².